The van der Waals surface area contributed by atoms with E-state index in [1.165, 1.54) is 6.07 Å². The first-order valence-corrected chi connectivity index (χ1v) is 5.34. The molecule has 0 aliphatic carbocycles. The Labute approximate surface area is 81.5 Å². The van der Waals surface area contributed by atoms with Crippen LogP contribution in [0.2, 0.25) is 5.02 Å². The maximum atomic E-state index is 11.1. The molecule has 0 aliphatic heterocycles. The first kappa shape index (κ1) is 10.3. The topological polar surface area (TPSA) is 86.2 Å². The smallest absolute Gasteiger partial charge is 0.240 e. The molecular formula is C7H9ClN2O2S. The standard InChI is InChI=1S/C7H9ClN2O2S/c1-4-2-3-5(8)6(9)7(4)13(10,11)12/h2-3H,9H2,1H3,(H2,10,11,12). The molecule has 0 heterocycles. The van der Waals surface area contributed by atoms with Crippen molar-refractivity contribution in [1.82, 2.24) is 0 Å². The Kier molecular flexibility index (Phi) is 2.51. The van der Waals surface area contributed by atoms with Crippen LogP contribution in [0.3, 0.4) is 0 Å². The van der Waals surface area contributed by atoms with Gasteiger partial charge in [-0.25, -0.2) is 13.6 Å². The highest BCUT2D eigenvalue weighted by molar-refractivity contribution is 7.89. The molecule has 1 rings (SSSR count). The lowest BCUT2D eigenvalue weighted by atomic mass is 10.2. The third kappa shape index (κ3) is 1.93. The summed E-state index contributed by atoms with van der Waals surface area (Å²) in [6.45, 7) is 1.60. The van der Waals surface area contributed by atoms with E-state index < -0.39 is 10.0 Å². The predicted octanol–water partition coefficient (Wildman–Crippen LogP) is 0.878. The minimum absolute atomic E-state index is 0.00386. The average Bonchev–Trinajstić information content (AvgIpc) is 1.95. The van der Waals surface area contributed by atoms with Gasteiger partial charge in [0.15, 0.2) is 0 Å². The van der Waals surface area contributed by atoms with Crippen molar-refractivity contribution in [2.24, 2.45) is 5.14 Å². The van der Waals surface area contributed by atoms with Crippen LogP contribution in [0.1, 0.15) is 5.56 Å². The molecule has 0 unspecified atom stereocenters. The van der Waals surface area contributed by atoms with E-state index in [1.54, 1.807) is 13.0 Å². The third-order valence-corrected chi connectivity index (χ3v) is 3.06. The fraction of sp³-hybridized carbons (Fsp3) is 0.143. The molecule has 0 spiro atoms. The fourth-order valence-electron chi connectivity index (χ4n) is 1.06. The molecule has 6 heteroatoms. The number of aryl methyl sites for hydroxylation is 1. The number of sulfonamides is 1. The molecular weight excluding hydrogens is 212 g/mol. The van der Waals surface area contributed by atoms with E-state index >= 15 is 0 Å². The fourth-order valence-corrected chi connectivity index (χ4v) is 2.21. The number of anilines is 1. The molecule has 1 aromatic carbocycles. The lowest BCUT2D eigenvalue weighted by Gasteiger charge is -2.07. The summed E-state index contributed by atoms with van der Waals surface area (Å²) in [6, 6.07) is 3.08. The average molecular weight is 221 g/mol. The number of rotatable bonds is 1. The monoisotopic (exact) mass is 220 g/mol. The minimum Gasteiger partial charge on any atom is -0.396 e. The highest BCUT2D eigenvalue weighted by Gasteiger charge is 2.17. The molecule has 1 aromatic rings. The van der Waals surface area contributed by atoms with Crippen molar-refractivity contribution in [3.8, 4) is 0 Å². The first-order valence-electron chi connectivity index (χ1n) is 3.41. The zero-order chi connectivity index (χ0) is 10.2. The normalized spacial score (nSPS) is 11.6. The SMILES string of the molecule is Cc1ccc(Cl)c(N)c1S(N)(=O)=O. The van der Waals surface area contributed by atoms with E-state index in [1.807, 2.05) is 0 Å². The van der Waals surface area contributed by atoms with E-state index in [9.17, 15) is 8.42 Å². The number of hydrogen-bond acceptors (Lipinski definition) is 3. The van der Waals surface area contributed by atoms with Crippen molar-refractivity contribution in [1.29, 1.82) is 0 Å². The van der Waals surface area contributed by atoms with Crippen LogP contribution in [0.25, 0.3) is 0 Å². The number of nitrogen functional groups attached to an aromatic ring is 1. The Morgan fingerprint density at radius 2 is 1.92 bits per heavy atom. The lowest BCUT2D eigenvalue weighted by Crippen LogP contribution is -2.16. The number of benzene rings is 1. The molecule has 0 aromatic heterocycles. The summed E-state index contributed by atoms with van der Waals surface area (Å²) in [6.07, 6.45) is 0. The van der Waals surface area contributed by atoms with Crippen LogP contribution in [0.5, 0.6) is 0 Å². The molecule has 0 saturated carbocycles. The van der Waals surface area contributed by atoms with Crippen molar-refractivity contribution in [3.63, 3.8) is 0 Å². The van der Waals surface area contributed by atoms with Crippen molar-refractivity contribution in [2.75, 3.05) is 5.73 Å². The van der Waals surface area contributed by atoms with Gasteiger partial charge < -0.3 is 5.73 Å². The van der Waals surface area contributed by atoms with E-state index in [0.717, 1.165) is 0 Å². The minimum atomic E-state index is -3.80. The highest BCUT2D eigenvalue weighted by atomic mass is 35.5. The van der Waals surface area contributed by atoms with Crippen molar-refractivity contribution in [2.45, 2.75) is 11.8 Å². The van der Waals surface area contributed by atoms with Crippen LogP contribution in [0.15, 0.2) is 17.0 Å². The molecule has 13 heavy (non-hydrogen) atoms. The first-order chi connectivity index (χ1) is 5.84. The summed E-state index contributed by atoms with van der Waals surface area (Å²) < 4.78 is 22.1. The van der Waals surface area contributed by atoms with Gasteiger partial charge in [-0.15, -0.1) is 0 Å². The third-order valence-electron chi connectivity index (χ3n) is 1.62. The summed E-state index contributed by atoms with van der Waals surface area (Å²) >= 11 is 5.65. The maximum absolute atomic E-state index is 11.1. The molecule has 4 N–H and O–H groups in total. The maximum Gasteiger partial charge on any atom is 0.240 e. The van der Waals surface area contributed by atoms with Crippen LogP contribution in [0, 0.1) is 6.92 Å². The molecule has 0 aliphatic rings. The summed E-state index contributed by atoms with van der Waals surface area (Å²) in [7, 11) is -3.80. The van der Waals surface area contributed by atoms with Gasteiger partial charge >= 0.3 is 0 Å². The number of primary sulfonamides is 1. The van der Waals surface area contributed by atoms with Gasteiger partial charge in [-0.1, -0.05) is 17.7 Å². The Bertz CT molecular complexity index is 442. The summed E-state index contributed by atoms with van der Waals surface area (Å²) in [4.78, 5) is -0.0972. The van der Waals surface area contributed by atoms with Crippen molar-refractivity contribution in [3.05, 3.63) is 22.7 Å². The highest BCUT2D eigenvalue weighted by Crippen LogP contribution is 2.28. The molecule has 0 atom stereocenters. The molecule has 0 amide bonds. The van der Waals surface area contributed by atoms with Crippen LogP contribution in [0.4, 0.5) is 5.69 Å². The predicted molar refractivity (Wildman–Crippen MR) is 52.0 cm³/mol. The van der Waals surface area contributed by atoms with E-state index in [-0.39, 0.29) is 15.6 Å². The van der Waals surface area contributed by atoms with Gasteiger partial charge in [-0.05, 0) is 18.6 Å². The molecule has 0 radical (unpaired) electrons. The van der Waals surface area contributed by atoms with Gasteiger partial charge in [-0.2, -0.15) is 0 Å². The zero-order valence-corrected chi connectivity index (χ0v) is 8.48. The van der Waals surface area contributed by atoms with Crippen LogP contribution in [-0.2, 0) is 10.0 Å². The van der Waals surface area contributed by atoms with Gasteiger partial charge in [0.1, 0.15) is 4.90 Å². The lowest BCUT2D eigenvalue weighted by molar-refractivity contribution is 0.597. The summed E-state index contributed by atoms with van der Waals surface area (Å²) in [5.74, 6) is 0. The largest absolute Gasteiger partial charge is 0.396 e. The molecule has 0 fully saturated rings. The van der Waals surface area contributed by atoms with Gasteiger partial charge in [0, 0.05) is 0 Å². The van der Waals surface area contributed by atoms with E-state index in [4.69, 9.17) is 22.5 Å². The van der Waals surface area contributed by atoms with Crippen molar-refractivity contribution >= 4 is 27.3 Å². The molecule has 0 bridgehead atoms. The Morgan fingerprint density at radius 1 is 1.38 bits per heavy atom. The van der Waals surface area contributed by atoms with Gasteiger partial charge in [0.05, 0.1) is 10.7 Å². The summed E-state index contributed by atoms with van der Waals surface area (Å²) in [5.41, 5.74) is 5.97. The van der Waals surface area contributed by atoms with Crippen molar-refractivity contribution < 1.29 is 8.42 Å². The van der Waals surface area contributed by atoms with Crippen LogP contribution < -0.4 is 10.9 Å². The van der Waals surface area contributed by atoms with Gasteiger partial charge in [0.2, 0.25) is 10.0 Å². The van der Waals surface area contributed by atoms with E-state index in [0.29, 0.717) is 5.56 Å². The second-order valence-corrected chi connectivity index (χ2v) is 4.56. The quantitative estimate of drug-likeness (QED) is 0.689. The summed E-state index contributed by atoms with van der Waals surface area (Å²) in [5, 5.41) is 5.15. The second-order valence-electron chi connectivity index (χ2n) is 2.65. The number of halogens is 1. The second kappa shape index (κ2) is 3.17. The van der Waals surface area contributed by atoms with E-state index in [2.05, 4.69) is 0 Å². The number of nitrogens with two attached hydrogens (primary N) is 2. The molecule has 0 saturated heterocycles. The van der Waals surface area contributed by atoms with Crippen LogP contribution in [-0.4, -0.2) is 8.42 Å². The Balaban J connectivity index is 3.62. The van der Waals surface area contributed by atoms with Crippen LogP contribution >= 0.6 is 11.6 Å². The molecule has 4 nitrogen and oxygen atoms in total. The zero-order valence-electron chi connectivity index (χ0n) is 6.91. The molecule has 72 valence electrons. The Morgan fingerprint density at radius 3 is 2.31 bits per heavy atom. The Hall–Kier alpha value is -0.780. The van der Waals surface area contributed by atoms with Gasteiger partial charge in [0.25, 0.3) is 0 Å². The van der Waals surface area contributed by atoms with Gasteiger partial charge in [-0.3, -0.25) is 0 Å². The number of hydrogen-bond donors (Lipinski definition) is 2.